The first-order valence-electron chi connectivity index (χ1n) is 9.31. The summed E-state index contributed by atoms with van der Waals surface area (Å²) in [5.41, 5.74) is 1.05. The summed E-state index contributed by atoms with van der Waals surface area (Å²) in [5.74, 6) is 1.40. The number of ether oxygens (including phenoxy) is 2. The van der Waals surface area contributed by atoms with Gasteiger partial charge in [0.05, 0.1) is 14.2 Å². The number of halogens is 1. The third-order valence-electron chi connectivity index (χ3n) is 4.73. The fourth-order valence-corrected chi connectivity index (χ4v) is 3.16. The first kappa shape index (κ1) is 21.0. The third-order valence-corrected chi connectivity index (χ3v) is 4.96. The van der Waals surface area contributed by atoms with Crippen LogP contribution in [-0.2, 0) is 0 Å². The summed E-state index contributed by atoms with van der Waals surface area (Å²) >= 11 is 6.15. The number of nitrogens with zero attached hydrogens (tertiary/aromatic N) is 3. The van der Waals surface area contributed by atoms with Crippen LogP contribution in [0.25, 0.3) is 0 Å². The maximum atomic E-state index is 12.9. The van der Waals surface area contributed by atoms with Crippen molar-refractivity contribution >= 4 is 29.2 Å². The lowest BCUT2D eigenvalue weighted by atomic mass is 10.2. The molecule has 7 nitrogen and oxygen atoms in total. The van der Waals surface area contributed by atoms with Gasteiger partial charge < -0.3 is 19.3 Å². The Labute approximate surface area is 175 Å². The number of amides is 1. The molecule has 29 heavy (non-hydrogen) atoms. The normalized spacial score (nSPS) is 15.2. The number of nitrogens with one attached hydrogen (secondary N) is 1. The molecule has 0 unspecified atom stereocenters. The van der Waals surface area contributed by atoms with E-state index in [0.29, 0.717) is 33.7 Å². The van der Waals surface area contributed by atoms with Crippen molar-refractivity contribution in [3.8, 4) is 11.5 Å². The largest absolute Gasteiger partial charge is 0.497 e. The van der Waals surface area contributed by atoms with Crippen LogP contribution in [0.3, 0.4) is 0 Å². The number of benzene rings is 2. The highest BCUT2D eigenvalue weighted by Gasteiger charge is 2.21. The van der Waals surface area contributed by atoms with Crippen molar-refractivity contribution in [2.24, 2.45) is 4.99 Å². The smallest absolute Gasteiger partial charge is 0.258 e. The maximum Gasteiger partial charge on any atom is 0.258 e. The van der Waals surface area contributed by atoms with Gasteiger partial charge in [0.25, 0.3) is 5.91 Å². The fraction of sp³-hybridized carbons (Fsp3) is 0.333. The molecule has 0 atom stereocenters. The van der Waals surface area contributed by atoms with Crippen LogP contribution < -0.4 is 14.8 Å². The number of hydrogen-bond donors (Lipinski definition) is 1. The van der Waals surface area contributed by atoms with E-state index < -0.39 is 0 Å². The van der Waals surface area contributed by atoms with E-state index in [1.807, 2.05) is 0 Å². The van der Waals surface area contributed by atoms with Crippen LogP contribution in [0, 0.1) is 0 Å². The predicted molar refractivity (Wildman–Crippen MR) is 115 cm³/mol. The molecular weight excluding hydrogens is 392 g/mol. The number of hydrogen-bond acceptors (Lipinski definition) is 5. The molecule has 1 amide bonds. The van der Waals surface area contributed by atoms with Crippen molar-refractivity contribution in [2.75, 3.05) is 47.4 Å². The van der Waals surface area contributed by atoms with Gasteiger partial charge in [0.15, 0.2) is 0 Å². The Morgan fingerprint density at radius 3 is 2.52 bits per heavy atom. The van der Waals surface area contributed by atoms with Gasteiger partial charge in [-0.1, -0.05) is 17.7 Å². The molecule has 1 heterocycles. The van der Waals surface area contributed by atoms with Crippen LogP contribution >= 0.6 is 11.6 Å². The third kappa shape index (κ3) is 5.40. The van der Waals surface area contributed by atoms with Crippen molar-refractivity contribution in [1.82, 2.24) is 15.1 Å². The minimum Gasteiger partial charge on any atom is -0.497 e. The van der Waals surface area contributed by atoms with Gasteiger partial charge in [-0.15, -0.1) is 0 Å². The molecule has 154 valence electrons. The molecule has 0 aliphatic carbocycles. The zero-order valence-corrected chi connectivity index (χ0v) is 17.6. The number of piperazine rings is 1. The first-order chi connectivity index (χ1) is 14.0. The molecule has 0 spiro atoms. The van der Waals surface area contributed by atoms with E-state index >= 15 is 0 Å². The van der Waals surface area contributed by atoms with Gasteiger partial charge in [0.2, 0.25) is 5.96 Å². The van der Waals surface area contributed by atoms with Gasteiger partial charge >= 0.3 is 0 Å². The van der Waals surface area contributed by atoms with Crippen molar-refractivity contribution in [3.63, 3.8) is 0 Å². The number of carbonyl (C=O) groups is 1. The van der Waals surface area contributed by atoms with Crippen molar-refractivity contribution < 1.29 is 14.3 Å². The monoisotopic (exact) mass is 416 g/mol. The van der Waals surface area contributed by atoms with Crippen LogP contribution in [0.15, 0.2) is 47.5 Å². The summed E-state index contributed by atoms with van der Waals surface area (Å²) in [5, 5.41) is 3.50. The maximum absolute atomic E-state index is 12.9. The molecule has 1 fully saturated rings. The Hall–Kier alpha value is -2.77. The lowest BCUT2D eigenvalue weighted by Gasteiger charge is -2.34. The summed E-state index contributed by atoms with van der Waals surface area (Å²) < 4.78 is 10.6. The summed E-state index contributed by atoms with van der Waals surface area (Å²) in [7, 11) is 5.22. The zero-order valence-electron chi connectivity index (χ0n) is 16.8. The predicted octanol–water partition coefficient (Wildman–Crippen LogP) is 3.02. The van der Waals surface area contributed by atoms with E-state index in [9.17, 15) is 4.79 Å². The fourth-order valence-electron chi connectivity index (χ4n) is 3.00. The Balaban J connectivity index is 1.93. The molecule has 0 aromatic heterocycles. The Morgan fingerprint density at radius 2 is 1.83 bits per heavy atom. The standard InChI is InChI=1S/C21H25ClN4O3/c1-25-9-11-26(12-10-25)21(23-18-14-16(22)7-8-19(18)29-3)24-20(27)15-5-4-6-17(13-15)28-2/h4-8,13-14H,9-12H2,1-3H3,(H,23,24,27). The van der Waals surface area contributed by atoms with E-state index in [2.05, 4.69) is 22.2 Å². The molecule has 0 saturated carbocycles. The minimum absolute atomic E-state index is 0.262. The SMILES string of the molecule is COc1cccc(C(=O)NC(=Nc2cc(Cl)ccc2OC)N2CCN(C)CC2)c1. The number of guanidine groups is 1. The van der Waals surface area contributed by atoms with E-state index in [1.165, 1.54) is 0 Å². The van der Waals surface area contributed by atoms with Gasteiger partial charge in [-0.05, 0) is 43.4 Å². The van der Waals surface area contributed by atoms with Gasteiger partial charge in [-0.25, -0.2) is 4.99 Å². The van der Waals surface area contributed by atoms with Crippen molar-refractivity contribution in [1.29, 1.82) is 0 Å². The Morgan fingerprint density at radius 1 is 1.07 bits per heavy atom. The Bertz CT molecular complexity index is 895. The highest BCUT2D eigenvalue weighted by Crippen LogP contribution is 2.30. The quantitative estimate of drug-likeness (QED) is 0.613. The number of rotatable bonds is 4. The molecule has 1 aliphatic heterocycles. The molecule has 1 saturated heterocycles. The molecule has 3 rings (SSSR count). The Kier molecular flexibility index (Phi) is 6.95. The molecule has 2 aromatic carbocycles. The van der Waals surface area contributed by atoms with Gasteiger partial charge in [-0.2, -0.15) is 0 Å². The molecule has 0 radical (unpaired) electrons. The van der Waals surface area contributed by atoms with E-state index in [0.717, 1.165) is 26.2 Å². The van der Waals surface area contributed by atoms with E-state index in [4.69, 9.17) is 26.1 Å². The van der Waals surface area contributed by atoms with Gasteiger partial charge in [0, 0.05) is 36.8 Å². The second kappa shape index (κ2) is 9.62. The van der Waals surface area contributed by atoms with E-state index in [1.54, 1.807) is 56.7 Å². The lowest BCUT2D eigenvalue weighted by Crippen LogP contribution is -2.52. The first-order valence-corrected chi connectivity index (χ1v) is 9.69. The molecule has 0 bridgehead atoms. The molecule has 1 N–H and O–H groups in total. The number of aliphatic imine (C=N–C) groups is 1. The van der Waals surface area contributed by atoms with Crippen molar-refractivity contribution in [3.05, 3.63) is 53.1 Å². The molecular formula is C21H25ClN4O3. The van der Waals surface area contributed by atoms with Crippen molar-refractivity contribution in [2.45, 2.75) is 0 Å². The highest BCUT2D eigenvalue weighted by molar-refractivity contribution is 6.30. The van der Waals surface area contributed by atoms with Crippen LogP contribution in [0.4, 0.5) is 5.69 Å². The number of carbonyl (C=O) groups excluding carboxylic acids is 1. The van der Waals surface area contributed by atoms with Crippen LogP contribution in [-0.4, -0.2) is 69.1 Å². The number of methoxy groups -OCH3 is 2. The van der Waals surface area contributed by atoms with Crippen LogP contribution in [0.2, 0.25) is 5.02 Å². The van der Waals surface area contributed by atoms with E-state index in [-0.39, 0.29) is 5.91 Å². The summed E-state index contributed by atoms with van der Waals surface area (Å²) in [6.07, 6.45) is 0. The van der Waals surface area contributed by atoms with Crippen LogP contribution in [0.1, 0.15) is 10.4 Å². The molecule has 8 heteroatoms. The van der Waals surface area contributed by atoms with Gasteiger partial charge in [-0.3, -0.25) is 10.1 Å². The highest BCUT2D eigenvalue weighted by atomic mass is 35.5. The number of likely N-dealkylation sites (N-methyl/N-ethyl adjacent to an activating group) is 1. The second-order valence-electron chi connectivity index (χ2n) is 6.73. The van der Waals surface area contributed by atoms with Crippen LogP contribution in [0.5, 0.6) is 11.5 Å². The summed E-state index contributed by atoms with van der Waals surface area (Å²) in [6.45, 7) is 3.24. The minimum atomic E-state index is -0.262. The summed E-state index contributed by atoms with van der Waals surface area (Å²) in [6, 6.07) is 12.2. The topological polar surface area (TPSA) is 66.4 Å². The second-order valence-corrected chi connectivity index (χ2v) is 7.16. The lowest BCUT2D eigenvalue weighted by molar-refractivity contribution is 0.0969. The summed E-state index contributed by atoms with van der Waals surface area (Å²) in [4.78, 5) is 21.9. The average molecular weight is 417 g/mol. The van der Waals surface area contributed by atoms with Gasteiger partial charge in [0.1, 0.15) is 17.2 Å². The molecule has 2 aromatic rings. The molecule has 1 aliphatic rings. The zero-order chi connectivity index (χ0) is 20.8. The average Bonchev–Trinajstić information content (AvgIpc) is 2.74.